The molecular formula is C14H16N4O4. The molecule has 1 saturated heterocycles. The highest BCUT2D eigenvalue weighted by atomic mass is 16.5. The van der Waals surface area contributed by atoms with Gasteiger partial charge >= 0.3 is 0 Å². The number of aryl methyl sites for hydroxylation is 1. The standard InChI is InChI=1S/C14H16N4O4/c19-13-7-10(15-9-16-13)1-2-11-8-18(5-6-21-11)14(20)12-3-4-17-22-12/h3-4,7,9,11H,1-2,5-6,8H2,(H,15,16,19)/t11-/m1/s1. The molecule has 8 nitrogen and oxygen atoms in total. The van der Waals surface area contributed by atoms with Crippen LogP contribution in [0.5, 0.6) is 0 Å². The van der Waals surface area contributed by atoms with Gasteiger partial charge in [-0.05, 0) is 12.8 Å². The lowest BCUT2D eigenvalue weighted by Crippen LogP contribution is -2.45. The highest BCUT2D eigenvalue weighted by molar-refractivity contribution is 5.91. The van der Waals surface area contributed by atoms with E-state index < -0.39 is 0 Å². The molecule has 0 bridgehead atoms. The molecule has 0 aromatic carbocycles. The normalized spacial score (nSPS) is 18.4. The summed E-state index contributed by atoms with van der Waals surface area (Å²) in [5, 5.41) is 3.55. The topological polar surface area (TPSA) is 101 Å². The zero-order valence-electron chi connectivity index (χ0n) is 11.9. The van der Waals surface area contributed by atoms with Crippen LogP contribution in [0.2, 0.25) is 0 Å². The first kappa shape index (κ1) is 14.5. The number of carbonyl (C=O) groups is 1. The number of nitrogens with one attached hydrogen (secondary N) is 1. The molecule has 0 unspecified atom stereocenters. The molecule has 1 aliphatic heterocycles. The fraction of sp³-hybridized carbons (Fsp3) is 0.429. The fourth-order valence-electron chi connectivity index (χ4n) is 2.42. The molecular weight excluding hydrogens is 288 g/mol. The Bertz CT molecular complexity index is 682. The van der Waals surface area contributed by atoms with Crippen molar-refractivity contribution in [3.8, 4) is 0 Å². The van der Waals surface area contributed by atoms with Crippen LogP contribution in [0.3, 0.4) is 0 Å². The molecule has 3 heterocycles. The molecule has 0 aliphatic carbocycles. The number of carbonyl (C=O) groups excluding carboxylic acids is 1. The molecule has 22 heavy (non-hydrogen) atoms. The Kier molecular flexibility index (Phi) is 4.29. The molecule has 0 spiro atoms. The SMILES string of the molecule is O=C(c1ccno1)N1CCO[C@H](CCc2cc(=O)[nH]cn2)C1. The zero-order valence-corrected chi connectivity index (χ0v) is 11.9. The summed E-state index contributed by atoms with van der Waals surface area (Å²) in [5.74, 6) is 0.0528. The molecule has 1 atom stereocenters. The van der Waals surface area contributed by atoms with Crippen LogP contribution in [0.4, 0.5) is 0 Å². The van der Waals surface area contributed by atoms with Crippen LogP contribution in [0, 0.1) is 0 Å². The predicted octanol–water partition coefficient (Wildman–Crippen LogP) is 0.232. The van der Waals surface area contributed by atoms with Gasteiger partial charge in [-0.2, -0.15) is 0 Å². The molecule has 116 valence electrons. The number of aromatic nitrogens is 3. The second kappa shape index (κ2) is 6.52. The molecule has 0 radical (unpaired) electrons. The van der Waals surface area contributed by atoms with E-state index in [0.717, 1.165) is 0 Å². The number of rotatable bonds is 4. The Balaban J connectivity index is 1.56. The number of amides is 1. The molecule has 8 heteroatoms. The molecule has 1 aliphatic rings. The third kappa shape index (κ3) is 3.40. The largest absolute Gasteiger partial charge is 0.375 e. The molecule has 2 aromatic rings. The van der Waals surface area contributed by atoms with E-state index in [0.29, 0.717) is 38.2 Å². The average Bonchev–Trinajstić information content (AvgIpc) is 3.07. The van der Waals surface area contributed by atoms with Gasteiger partial charge in [-0.25, -0.2) is 4.98 Å². The lowest BCUT2D eigenvalue weighted by atomic mass is 10.1. The van der Waals surface area contributed by atoms with Crippen LogP contribution >= 0.6 is 0 Å². The van der Waals surface area contributed by atoms with Crippen LogP contribution in [0.25, 0.3) is 0 Å². The smallest absolute Gasteiger partial charge is 0.292 e. The number of H-pyrrole nitrogens is 1. The second-order valence-corrected chi connectivity index (χ2v) is 5.06. The van der Waals surface area contributed by atoms with Gasteiger partial charge in [0.05, 0.1) is 25.2 Å². The maximum Gasteiger partial charge on any atom is 0.292 e. The summed E-state index contributed by atoms with van der Waals surface area (Å²) in [7, 11) is 0. The van der Waals surface area contributed by atoms with Crippen molar-refractivity contribution in [3.63, 3.8) is 0 Å². The Morgan fingerprint density at radius 3 is 3.18 bits per heavy atom. The number of morpholine rings is 1. The van der Waals surface area contributed by atoms with E-state index in [4.69, 9.17) is 9.26 Å². The minimum absolute atomic E-state index is 0.0818. The van der Waals surface area contributed by atoms with Crippen molar-refractivity contribution in [2.75, 3.05) is 19.7 Å². The Hall–Kier alpha value is -2.48. The molecule has 0 saturated carbocycles. The van der Waals surface area contributed by atoms with E-state index in [1.165, 1.54) is 18.6 Å². The van der Waals surface area contributed by atoms with Gasteiger partial charge in [0.2, 0.25) is 5.76 Å². The average molecular weight is 304 g/mol. The summed E-state index contributed by atoms with van der Waals surface area (Å²) in [5.41, 5.74) is 0.544. The summed E-state index contributed by atoms with van der Waals surface area (Å²) in [4.78, 5) is 31.7. The summed E-state index contributed by atoms with van der Waals surface area (Å²) < 4.78 is 10.6. The van der Waals surface area contributed by atoms with Crippen molar-refractivity contribution >= 4 is 5.91 Å². The van der Waals surface area contributed by atoms with Crippen molar-refractivity contribution in [2.45, 2.75) is 18.9 Å². The van der Waals surface area contributed by atoms with E-state index >= 15 is 0 Å². The van der Waals surface area contributed by atoms with E-state index in [9.17, 15) is 9.59 Å². The Labute approximate surface area is 126 Å². The van der Waals surface area contributed by atoms with Gasteiger partial charge in [-0.1, -0.05) is 5.16 Å². The minimum atomic E-state index is -0.180. The van der Waals surface area contributed by atoms with Gasteiger partial charge in [0, 0.05) is 30.9 Å². The number of ether oxygens (including phenoxy) is 1. The van der Waals surface area contributed by atoms with Crippen molar-refractivity contribution < 1.29 is 14.1 Å². The van der Waals surface area contributed by atoms with Gasteiger partial charge in [0.15, 0.2) is 0 Å². The highest BCUT2D eigenvalue weighted by Crippen LogP contribution is 2.14. The van der Waals surface area contributed by atoms with Crippen LogP contribution in [0.15, 0.2) is 34.0 Å². The van der Waals surface area contributed by atoms with Gasteiger partial charge in [0.25, 0.3) is 11.5 Å². The second-order valence-electron chi connectivity index (χ2n) is 5.06. The number of nitrogens with zero attached hydrogens (tertiary/aromatic N) is 3. The van der Waals surface area contributed by atoms with Crippen molar-refractivity contribution in [1.82, 2.24) is 20.0 Å². The van der Waals surface area contributed by atoms with E-state index in [1.807, 2.05) is 0 Å². The monoisotopic (exact) mass is 304 g/mol. The number of hydrogen-bond donors (Lipinski definition) is 1. The Morgan fingerprint density at radius 2 is 2.41 bits per heavy atom. The quantitative estimate of drug-likeness (QED) is 0.867. The lowest BCUT2D eigenvalue weighted by Gasteiger charge is -2.32. The first-order chi connectivity index (χ1) is 10.7. The van der Waals surface area contributed by atoms with E-state index in [-0.39, 0.29) is 23.3 Å². The maximum atomic E-state index is 12.2. The van der Waals surface area contributed by atoms with E-state index in [2.05, 4.69) is 15.1 Å². The summed E-state index contributed by atoms with van der Waals surface area (Å²) >= 11 is 0. The minimum Gasteiger partial charge on any atom is -0.375 e. The lowest BCUT2D eigenvalue weighted by molar-refractivity contribution is -0.0258. The highest BCUT2D eigenvalue weighted by Gasteiger charge is 2.26. The van der Waals surface area contributed by atoms with Gasteiger partial charge in [-0.15, -0.1) is 0 Å². The van der Waals surface area contributed by atoms with Gasteiger partial charge in [0.1, 0.15) is 0 Å². The molecule has 1 N–H and O–H groups in total. The summed E-state index contributed by atoms with van der Waals surface area (Å²) in [6.07, 6.45) is 4.07. The summed E-state index contributed by atoms with van der Waals surface area (Å²) in [6.45, 7) is 1.50. The van der Waals surface area contributed by atoms with E-state index in [1.54, 1.807) is 11.0 Å². The van der Waals surface area contributed by atoms with Gasteiger partial charge in [-0.3, -0.25) is 9.59 Å². The molecule has 2 aromatic heterocycles. The van der Waals surface area contributed by atoms with Crippen LogP contribution < -0.4 is 5.56 Å². The van der Waals surface area contributed by atoms with Crippen LogP contribution in [-0.2, 0) is 11.2 Å². The van der Waals surface area contributed by atoms with Crippen LogP contribution in [0.1, 0.15) is 22.7 Å². The zero-order chi connectivity index (χ0) is 15.4. The van der Waals surface area contributed by atoms with Crippen LogP contribution in [-0.4, -0.2) is 51.7 Å². The third-order valence-electron chi connectivity index (χ3n) is 3.53. The molecule has 3 rings (SSSR count). The van der Waals surface area contributed by atoms with Gasteiger partial charge < -0.3 is 19.1 Å². The number of hydrogen-bond acceptors (Lipinski definition) is 6. The van der Waals surface area contributed by atoms with Crippen molar-refractivity contribution in [3.05, 3.63) is 46.5 Å². The fourth-order valence-corrected chi connectivity index (χ4v) is 2.42. The van der Waals surface area contributed by atoms with Crippen molar-refractivity contribution in [2.24, 2.45) is 0 Å². The third-order valence-corrected chi connectivity index (χ3v) is 3.53. The summed E-state index contributed by atoms with van der Waals surface area (Å²) in [6, 6.07) is 3.02. The van der Waals surface area contributed by atoms with Crippen molar-refractivity contribution in [1.29, 1.82) is 0 Å². The maximum absolute atomic E-state index is 12.2. The Morgan fingerprint density at radius 1 is 1.50 bits per heavy atom. The predicted molar refractivity (Wildman–Crippen MR) is 75.3 cm³/mol. The molecule has 1 fully saturated rings. The first-order valence-corrected chi connectivity index (χ1v) is 7.07. The molecule has 1 amide bonds. The number of aromatic amines is 1. The first-order valence-electron chi connectivity index (χ1n) is 7.07.